The highest BCUT2D eigenvalue weighted by molar-refractivity contribution is 5.71. The predicted molar refractivity (Wildman–Crippen MR) is 138 cm³/mol. The van der Waals surface area contributed by atoms with Crippen molar-refractivity contribution in [3.8, 4) is 16.9 Å². The van der Waals surface area contributed by atoms with E-state index in [1.165, 1.54) is 5.56 Å². The number of nitrogens with zero attached hydrogens (tertiary/aromatic N) is 1. The number of carboxylic acid groups (broad SMARTS) is 1. The van der Waals surface area contributed by atoms with Crippen molar-refractivity contribution in [3.63, 3.8) is 0 Å². The molecule has 0 aliphatic carbocycles. The highest BCUT2D eigenvalue weighted by Crippen LogP contribution is 2.30. The second-order valence-corrected chi connectivity index (χ2v) is 8.86. The molecular formula is C30H29FN2O3. The van der Waals surface area contributed by atoms with Gasteiger partial charge in [-0.1, -0.05) is 48.5 Å². The number of aliphatic carboxylic acids is 1. The van der Waals surface area contributed by atoms with E-state index in [0.29, 0.717) is 22.4 Å². The molecule has 4 rings (SSSR count). The number of ether oxygens (including phenoxy) is 1. The summed E-state index contributed by atoms with van der Waals surface area (Å²) in [5, 5.41) is 9.21. The van der Waals surface area contributed by atoms with Crippen LogP contribution in [0.15, 0.2) is 85.2 Å². The molecule has 0 spiro atoms. The van der Waals surface area contributed by atoms with Gasteiger partial charge in [-0.25, -0.2) is 4.39 Å². The molecule has 0 aliphatic rings. The van der Waals surface area contributed by atoms with E-state index in [-0.39, 0.29) is 18.8 Å². The van der Waals surface area contributed by atoms with Crippen molar-refractivity contribution in [3.05, 3.63) is 119 Å². The third-order valence-corrected chi connectivity index (χ3v) is 6.04. The van der Waals surface area contributed by atoms with Gasteiger partial charge >= 0.3 is 5.97 Å². The summed E-state index contributed by atoms with van der Waals surface area (Å²) >= 11 is 0. The van der Waals surface area contributed by atoms with Gasteiger partial charge in [-0.3, -0.25) is 9.78 Å². The number of aryl methyl sites for hydroxylation is 2. The van der Waals surface area contributed by atoms with Crippen LogP contribution in [0.25, 0.3) is 11.1 Å². The van der Waals surface area contributed by atoms with E-state index in [1.807, 2.05) is 36.4 Å². The first kappa shape index (κ1) is 25.1. The Kier molecular flexibility index (Phi) is 8.08. The molecule has 1 aromatic heterocycles. The number of pyridine rings is 1. The minimum absolute atomic E-state index is 0.122. The minimum atomic E-state index is -0.920. The lowest BCUT2D eigenvalue weighted by atomic mass is 9.94. The van der Waals surface area contributed by atoms with Gasteiger partial charge < -0.3 is 15.6 Å². The van der Waals surface area contributed by atoms with E-state index in [4.69, 9.17) is 10.5 Å². The van der Waals surface area contributed by atoms with Gasteiger partial charge in [0.2, 0.25) is 0 Å². The molecule has 1 heterocycles. The van der Waals surface area contributed by atoms with E-state index in [1.54, 1.807) is 49.6 Å². The maximum atomic E-state index is 15.4. The van der Waals surface area contributed by atoms with Crippen molar-refractivity contribution >= 4 is 5.97 Å². The van der Waals surface area contributed by atoms with Gasteiger partial charge in [0.15, 0.2) is 0 Å². The van der Waals surface area contributed by atoms with Gasteiger partial charge in [0.1, 0.15) is 18.2 Å². The molecule has 0 unspecified atom stereocenters. The molecule has 5 nitrogen and oxygen atoms in total. The quantitative estimate of drug-likeness (QED) is 0.293. The summed E-state index contributed by atoms with van der Waals surface area (Å²) in [7, 11) is 0. The van der Waals surface area contributed by atoms with E-state index in [2.05, 4.69) is 11.1 Å². The summed E-state index contributed by atoms with van der Waals surface area (Å²) in [5.41, 5.74) is 11.4. The smallest absolute Gasteiger partial charge is 0.307 e. The lowest BCUT2D eigenvalue weighted by Crippen LogP contribution is -2.08. The van der Waals surface area contributed by atoms with Crippen LogP contribution >= 0.6 is 0 Å². The number of para-hydroxylation sites is 1. The molecule has 0 bridgehead atoms. The van der Waals surface area contributed by atoms with Gasteiger partial charge in [-0.2, -0.15) is 0 Å². The zero-order chi connectivity index (χ0) is 25.5. The van der Waals surface area contributed by atoms with Crippen LogP contribution in [0, 0.1) is 5.82 Å². The molecule has 0 aliphatic heterocycles. The summed E-state index contributed by atoms with van der Waals surface area (Å²) in [4.78, 5) is 15.3. The summed E-state index contributed by atoms with van der Waals surface area (Å²) in [6, 6.07) is 21.9. The van der Waals surface area contributed by atoms with E-state index >= 15 is 4.39 Å². The highest BCUT2D eigenvalue weighted by Gasteiger charge is 2.15. The van der Waals surface area contributed by atoms with Crippen LogP contribution in [0.4, 0.5) is 4.39 Å². The van der Waals surface area contributed by atoms with Crippen molar-refractivity contribution < 1.29 is 19.0 Å². The number of hydrogen-bond acceptors (Lipinski definition) is 4. The molecule has 0 amide bonds. The number of carboxylic acids is 1. The van der Waals surface area contributed by atoms with Crippen LogP contribution in [-0.4, -0.2) is 16.1 Å². The third kappa shape index (κ3) is 6.34. The first-order chi connectivity index (χ1) is 17.4. The monoisotopic (exact) mass is 484 g/mol. The van der Waals surface area contributed by atoms with Crippen molar-refractivity contribution in [1.82, 2.24) is 4.98 Å². The summed E-state index contributed by atoms with van der Waals surface area (Å²) < 4.78 is 21.4. The lowest BCUT2D eigenvalue weighted by Gasteiger charge is -2.15. The lowest BCUT2D eigenvalue weighted by molar-refractivity contribution is -0.136. The SMILES string of the molecule is C[C@@H](N)c1cccc(-c2cc(CCc3ccncc3)cc(COc3ccccc3CC(=O)O)c2)c1F. The predicted octanol–water partition coefficient (Wildman–Crippen LogP) is 5.90. The first-order valence-corrected chi connectivity index (χ1v) is 11.9. The zero-order valence-corrected chi connectivity index (χ0v) is 20.2. The molecule has 36 heavy (non-hydrogen) atoms. The van der Waals surface area contributed by atoms with E-state index < -0.39 is 12.0 Å². The Labute approximate surface area is 210 Å². The van der Waals surface area contributed by atoms with Crippen LogP contribution in [0.2, 0.25) is 0 Å². The zero-order valence-electron chi connectivity index (χ0n) is 20.2. The Balaban J connectivity index is 1.66. The van der Waals surface area contributed by atoms with Gasteiger partial charge in [0, 0.05) is 35.1 Å². The van der Waals surface area contributed by atoms with Gasteiger partial charge in [0.25, 0.3) is 0 Å². The second kappa shape index (κ2) is 11.6. The fourth-order valence-electron chi connectivity index (χ4n) is 4.22. The van der Waals surface area contributed by atoms with Crippen molar-refractivity contribution in [1.29, 1.82) is 0 Å². The van der Waals surface area contributed by atoms with Gasteiger partial charge in [-0.15, -0.1) is 0 Å². The van der Waals surface area contributed by atoms with E-state index in [0.717, 1.165) is 29.5 Å². The number of nitrogens with two attached hydrogens (primary N) is 1. The van der Waals surface area contributed by atoms with Crippen molar-refractivity contribution in [2.45, 2.75) is 38.8 Å². The number of benzene rings is 3. The third-order valence-electron chi connectivity index (χ3n) is 6.04. The molecule has 0 saturated carbocycles. The van der Waals surface area contributed by atoms with Crippen LogP contribution in [0.3, 0.4) is 0 Å². The Bertz CT molecular complexity index is 1340. The number of rotatable bonds is 10. The van der Waals surface area contributed by atoms with Crippen LogP contribution in [0.1, 0.15) is 40.8 Å². The Morgan fingerprint density at radius 1 is 0.972 bits per heavy atom. The summed E-state index contributed by atoms with van der Waals surface area (Å²) in [6.45, 7) is 1.99. The standard InChI is InChI=1S/C30H29FN2O3/c1-20(32)26-6-4-7-27(30(26)31)25-16-22(10-9-21-11-13-33-14-12-21)15-23(17-25)19-36-28-8-3-2-5-24(28)18-29(34)35/h2-8,11-17,20H,9-10,18-19,32H2,1H3,(H,34,35)/t20-/m1/s1. The number of hydrogen-bond donors (Lipinski definition) is 2. The second-order valence-electron chi connectivity index (χ2n) is 8.86. The molecule has 0 saturated heterocycles. The molecule has 3 N–H and O–H groups in total. The van der Waals surface area contributed by atoms with Crippen LogP contribution < -0.4 is 10.5 Å². The molecule has 1 atom stereocenters. The van der Waals surface area contributed by atoms with Crippen molar-refractivity contribution in [2.75, 3.05) is 0 Å². The topological polar surface area (TPSA) is 85.4 Å². The maximum absolute atomic E-state index is 15.4. The number of aromatic nitrogens is 1. The molecule has 184 valence electrons. The summed E-state index contributed by atoms with van der Waals surface area (Å²) in [6.07, 6.45) is 5.00. The summed E-state index contributed by atoms with van der Waals surface area (Å²) in [5.74, 6) is -0.720. The van der Waals surface area contributed by atoms with Gasteiger partial charge in [-0.05, 0) is 66.3 Å². The molecule has 6 heteroatoms. The largest absolute Gasteiger partial charge is 0.489 e. The van der Waals surface area contributed by atoms with Crippen LogP contribution in [-0.2, 0) is 30.7 Å². The number of halogens is 1. The first-order valence-electron chi connectivity index (χ1n) is 11.9. The van der Waals surface area contributed by atoms with E-state index in [9.17, 15) is 9.90 Å². The molecular weight excluding hydrogens is 455 g/mol. The molecule has 0 fully saturated rings. The normalized spacial score (nSPS) is 11.8. The van der Waals surface area contributed by atoms with Gasteiger partial charge in [0.05, 0.1) is 6.42 Å². The number of carbonyl (C=O) groups is 1. The van der Waals surface area contributed by atoms with Crippen molar-refractivity contribution in [2.24, 2.45) is 5.73 Å². The fourth-order valence-corrected chi connectivity index (χ4v) is 4.22. The average molecular weight is 485 g/mol. The maximum Gasteiger partial charge on any atom is 0.307 e. The minimum Gasteiger partial charge on any atom is -0.489 e. The molecule has 3 aromatic carbocycles. The van der Waals surface area contributed by atoms with Crippen LogP contribution in [0.5, 0.6) is 5.75 Å². The Morgan fingerprint density at radius 3 is 2.44 bits per heavy atom. The Hall–Kier alpha value is -4.03. The molecule has 0 radical (unpaired) electrons. The molecule has 4 aromatic rings. The average Bonchev–Trinajstić information content (AvgIpc) is 2.87. The Morgan fingerprint density at radius 2 is 1.69 bits per heavy atom. The fraction of sp³-hybridized carbons (Fsp3) is 0.200. The highest BCUT2D eigenvalue weighted by atomic mass is 19.1.